The number of hydrogen-bond donors (Lipinski definition) is 1. The summed E-state index contributed by atoms with van der Waals surface area (Å²) in [5.41, 5.74) is -0.612. The molecule has 0 aromatic heterocycles. The van der Waals surface area contributed by atoms with E-state index in [2.05, 4.69) is 0 Å². The number of para-hydroxylation sites is 1. The van der Waals surface area contributed by atoms with Crippen LogP contribution in [0.15, 0.2) is 24.3 Å². The van der Waals surface area contributed by atoms with Crippen molar-refractivity contribution in [2.75, 3.05) is 20.2 Å². The monoisotopic (exact) mass is 456 g/mol. The highest BCUT2D eigenvalue weighted by Gasteiger charge is 2.57. The molecule has 33 heavy (non-hydrogen) atoms. The van der Waals surface area contributed by atoms with Gasteiger partial charge in [-0.05, 0) is 44.1 Å². The van der Waals surface area contributed by atoms with Crippen molar-refractivity contribution in [2.45, 2.75) is 82.3 Å². The van der Waals surface area contributed by atoms with Crippen molar-refractivity contribution in [3.63, 3.8) is 0 Å². The van der Waals surface area contributed by atoms with Crippen molar-refractivity contribution in [1.29, 1.82) is 0 Å². The fourth-order valence-electron chi connectivity index (χ4n) is 6.02. The van der Waals surface area contributed by atoms with Crippen LogP contribution in [0.3, 0.4) is 0 Å². The summed E-state index contributed by atoms with van der Waals surface area (Å²) in [6.07, 6.45) is 5.54. The van der Waals surface area contributed by atoms with Crippen molar-refractivity contribution in [2.24, 2.45) is 5.92 Å². The summed E-state index contributed by atoms with van der Waals surface area (Å²) < 4.78 is 5.57. The fraction of sp³-hybridized carbons (Fsp3) is 0.654. The van der Waals surface area contributed by atoms with Gasteiger partial charge in [0, 0.05) is 37.5 Å². The predicted octanol–water partition coefficient (Wildman–Crippen LogP) is 3.03. The van der Waals surface area contributed by atoms with Gasteiger partial charge in [-0.25, -0.2) is 0 Å². The van der Waals surface area contributed by atoms with Gasteiger partial charge in [0.05, 0.1) is 18.6 Å². The zero-order valence-corrected chi connectivity index (χ0v) is 19.8. The van der Waals surface area contributed by atoms with Crippen molar-refractivity contribution < 1.29 is 24.2 Å². The number of carbonyl (C=O) groups excluding carboxylic acids is 3. The van der Waals surface area contributed by atoms with Gasteiger partial charge in [0.1, 0.15) is 5.75 Å². The molecule has 2 heterocycles. The van der Waals surface area contributed by atoms with Gasteiger partial charge in [-0.2, -0.15) is 0 Å². The van der Waals surface area contributed by atoms with Gasteiger partial charge in [-0.1, -0.05) is 38.0 Å². The molecule has 3 fully saturated rings. The van der Waals surface area contributed by atoms with Crippen molar-refractivity contribution in [3.8, 4) is 5.75 Å². The number of aliphatic hydroxyl groups excluding tert-OH is 1. The van der Waals surface area contributed by atoms with Crippen LogP contribution in [0.1, 0.15) is 70.3 Å². The Hall–Kier alpha value is -2.41. The van der Waals surface area contributed by atoms with E-state index >= 15 is 0 Å². The molecule has 1 saturated carbocycles. The third kappa shape index (κ3) is 4.39. The number of methoxy groups -OCH3 is 1. The summed E-state index contributed by atoms with van der Waals surface area (Å²) >= 11 is 0. The molecule has 1 aliphatic carbocycles. The Morgan fingerprint density at radius 1 is 1.15 bits per heavy atom. The van der Waals surface area contributed by atoms with E-state index < -0.39 is 5.41 Å². The number of rotatable bonds is 7. The number of likely N-dealkylation sites (tertiary alicyclic amines) is 2. The molecule has 7 nitrogen and oxygen atoms in total. The number of piperidine rings is 1. The lowest BCUT2D eigenvalue weighted by Crippen LogP contribution is -2.47. The third-order valence-electron chi connectivity index (χ3n) is 7.97. The zero-order chi connectivity index (χ0) is 23.6. The SMILES string of the molecule is CC[C@H](O)C1CCN(C(=O)C[C@]2(c3ccccc3OC)CC(=O)N(C3CCCC3)C2=O)CC1. The van der Waals surface area contributed by atoms with Gasteiger partial charge < -0.3 is 14.7 Å². The lowest BCUT2D eigenvalue weighted by Gasteiger charge is -2.36. The maximum atomic E-state index is 13.9. The second-order valence-corrected chi connectivity index (χ2v) is 9.84. The molecule has 0 spiro atoms. The van der Waals surface area contributed by atoms with Gasteiger partial charge in [-0.3, -0.25) is 19.3 Å². The van der Waals surface area contributed by atoms with Gasteiger partial charge >= 0.3 is 0 Å². The van der Waals surface area contributed by atoms with Crippen LogP contribution < -0.4 is 4.74 Å². The average molecular weight is 457 g/mol. The van der Waals surface area contributed by atoms with Crippen LogP contribution in [-0.4, -0.2) is 65.0 Å². The molecule has 0 radical (unpaired) electrons. The normalized spacial score (nSPS) is 25.7. The molecule has 2 saturated heterocycles. The second-order valence-electron chi connectivity index (χ2n) is 9.84. The Kier molecular flexibility index (Phi) is 7.07. The lowest BCUT2D eigenvalue weighted by molar-refractivity contribution is -0.145. The molecular formula is C26H36N2O5. The quantitative estimate of drug-likeness (QED) is 0.638. The summed E-state index contributed by atoms with van der Waals surface area (Å²) in [7, 11) is 1.55. The fourth-order valence-corrected chi connectivity index (χ4v) is 6.02. The molecule has 3 aliphatic rings. The summed E-state index contributed by atoms with van der Waals surface area (Å²) in [5, 5.41) is 10.2. The van der Waals surface area contributed by atoms with Crippen LogP contribution in [0.4, 0.5) is 0 Å². The molecule has 2 atom stereocenters. The Balaban J connectivity index is 1.62. The molecule has 180 valence electrons. The Morgan fingerprint density at radius 2 is 1.82 bits per heavy atom. The Morgan fingerprint density at radius 3 is 2.45 bits per heavy atom. The second kappa shape index (κ2) is 9.84. The summed E-state index contributed by atoms with van der Waals surface area (Å²) in [6, 6.07) is 7.20. The molecule has 7 heteroatoms. The number of carbonyl (C=O) groups is 3. The molecule has 0 bridgehead atoms. The first kappa shape index (κ1) is 23.7. The van der Waals surface area contributed by atoms with E-state index in [9.17, 15) is 19.5 Å². The Labute approximate surface area is 196 Å². The number of benzene rings is 1. The number of ether oxygens (including phenoxy) is 1. The van der Waals surface area contributed by atoms with Crippen LogP contribution in [0.25, 0.3) is 0 Å². The first-order chi connectivity index (χ1) is 15.9. The third-order valence-corrected chi connectivity index (χ3v) is 7.97. The summed E-state index contributed by atoms with van der Waals surface area (Å²) in [5.74, 6) is 0.183. The number of imide groups is 1. The number of amides is 3. The van der Waals surface area contributed by atoms with Crippen LogP contribution >= 0.6 is 0 Å². The highest BCUT2D eigenvalue weighted by molar-refractivity contribution is 6.11. The van der Waals surface area contributed by atoms with Gasteiger partial charge in [0.15, 0.2) is 0 Å². The molecular weight excluding hydrogens is 420 g/mol. The molecule has 2 aliphatic heterocycles. The minimum absolute atomic E-state index is 0.000535. The molecule has 1 aromatic carbocycles. The number of nitrogens with zero attached hydrogens (tertiary/aromatic N) is 2. The predicted molar refractivity (Wildman–Crippen MR) is 124 cm³/mol. The molecule has 4 rings (SSSR count). The van der Waals surface area contributed by atoms with E-state index in [1.807, 2.05) is 25.1 Å². The standard InChI is InChI=1S/C26H36N2O5/c1-3-21(29)18-12-14-27(15-13-18)23(30)16-26(20-10-6-7-11-22(20)33-2)17-24(31)28(25(26)32)19-8-4-5-9-19/h6-7,10-11,18-19,21,29H,3-5,8-9,12-17H2,1-2H3/t21-,26+/m0/s1. The topological polar surface area (TPSA) is 87.2 Å². The highest BCUT2D eigenvalue weighted by atomic mass is 16.5. The molecule has 0 unspecified atom stereocenters. The van der Waals surface area contributed by atoms with Crippen molar-refractivity contribution in [3.05, 3.63) is 29.8 Å². The van der Waals surface area contributed by atoms with Crippen LogP contribution in [-0.2, 0) is 19.8 Å². The van der Waals surface area contributed by atoms with E-state index in [1.54, 1.807) is 18.1 Å². The van der Waals surface area contributed by atoms with Crippen LogP contribution in [0.2, 0.25) is 0 Å². The smallest absolute Gasteiger partial charge is 0.241 e. The van der Waals surface area contributed by atoms with Gasteiger partial charge in [-0.15, -0.1) is 0 Å². The van der Waals surface area contributed by atoms with Crippen LogP contribution in [0.5, 0.6) is 5.75 Å². The molecule has 1 aromatic rings. The minimum atomic E-state index is -1.23. The lowest BCUT2D eigenvalue weighted by atomic mass is 9.75. The minimum Gasteiger partial charge on any atom is -0.496 e. The first-order valence-corrected chi connectivity index (χ1v) is 12.4. The van der Waals surface area contributed by atoms with E-state index in [1.165, 1.54) is 4.90 Å². The van der Waals surface area contributed by atoms with Gasteiger partial charge in [0.2, 0.25) is 17.7 Å². The van der Waals surface area contributed by atoms with Gasteiger partial charge in [0.25, 0.3) is 0 Å². The Bertz CT molecular complexity index is 888. The van der Waals surface area contributed by atoms with E-state index in [0.29, 0.717) is 30.8 Å². The van der Waals surface area contributed by atoms with Crippen molar-refractivity contribution >= 4 is 17.7 Å². The largest absolute Gasteiger partial charge is 0.496 e. The number of hydrogen-bond acceptors (Lipinski definition) is 5. The summed E-state index contributed by atoms with van der Waals surface area (Å²) in [4.78, 5) is 43.9. The van der Waals surface area contributed by atoms with Crippen LogP contribution in [0, 0.1) is 5.92 Å². The van der Waals surface area contributed by atoms with Crippen molar-refractivity contribution in [1.82, 2.24) is 9.80 Å². The van der Waals surface area contributed by atoms with E-state index in [0.717, 1.165) is 38.5 Å². The zero-order valence-electron chi connectivity index (χ0n) is 19.8. The molecule has 3 amide bonds. The average Bonchev–Trinajstić information content (AvgIpc) is 3.45. The highest BCUT2D eigenvalue weighted by Crippen LogP contribution is 2.46. The molecule has 1 N–H and O–H groups in total. The van der Waals surface area contributed by atoms with E-state index in [-0.39, 0.29) is 48.6 Å². The summed E-state index contributed by atoms with van der Waals surface area (Å²) in [6.45, 7) is 3.10. The van der Waals surface area contributed by atoms with E-state index in [4.69, 9.17) is 4.74 Å². The number of aliphatic hydroxyl groups is 1. The first-order valence-electron chi connectivity index (χ1n) is 12.4. The maximum Gasteiger partial charge on any atom is 0.241 e. The maximum absolute atomic E-state index is 13.9.